The lowest BCUT2D eigenvalue weighted by Gasteiger charge is -1.98. The van der Waals surface area contributed by atoms with Crippen LogP contribution in [0.1, 0.15) is 33.6 Å². The third kappa shape index (κ3) is 6.21. The third-order valence-electron chi connectivity index (χ3n) is 1.56. The summed E-state index contributed by atoms with van der Waals surface area (Å²) in [6, 6.07) is 0. The van der Waals surface area contributed by atoms with Crippen molar-refractivity contribution in [3.8, 4) is 0 Å². The predicted molar refractivity (Wildman–Crippen MR) is 51.7 cm³/mol. The first-order valence-corrected chi connectivity index (χ1v) is 5.16. The lowest BCUT2D eigenvalue weighted by molar-refractivity contribution is 0.913. The maximum Gasteiger partial charge on any atom is -0.00646 e. The zero-order chi connectivity index (χ0) is 7.82. The van der Waals surface area contributed by atoms with Crippen LogP contribution in [0.4, 0.5) is 0 Å². The summed E-state index contributed by atoms with van der Waals surface area (Å²) in [6.45, 7) is 6.53. The van der Waals surface area contributed by atoms with Gasteiger partial charge >= 0.3 is 0 Å². The van der Waals surface area contributed by atoms with E-state index in [0.29, 0.717) is 0 Å². The lowest BCUT2D eigenvalue weighted by atomic mass is 10.2. The molecule has 0 fully saturated rings. The van der Waals surface area contributed by atoms with Crippen LogP contribution in [0.2, 0.25) is 0 Å². The molecule has 0 aromatic heterocycles. The zero-order valence-corrected chi connectivity index (χ0v) is 8.13. The van der Waals surface area contributed by atoms with Crippen molar-refractivity contribution >= 4 is 11.8 Å². The Morgan fingerprint density at radius 1 is 1.50 bits per heavy atom. The average Bonchev–Trinajstić information content (AvgIpc) is 1.98. The Morgan fingerprint density at radius 2 is 2.20 bits per heavy atom. The van der Waals surface area contributed by atoms with Gasteiger partial charge in [0, 0.05) is 0 Å². The van der Waals surface area contributed by atoms with E-state index in [9.17, 15) is 0 Å². The van der Waals surface area contributed by atoms with Crippen molar-refractivity contribution in [1.82, 2.24) is 0 Å². The van der Waals surface area contributed by atoms with Gasteiger partial charge in [-0.25, -0.2) is 0 Å². The molecule has 0 N–H and O–H groups in total. The highest BCUT2D eigenvalue weighted by Crippen LogP contribution is 2.08. The minimum absolute atomic E-state index is 1.26. The minimum atomic E-state index is 1.26. The van der Waals surface area contributed by atoms with Gasteiger partial charge in [-0.2, -0.15) is 11.8 Å². The fraction of sp³-hybridized carbons (Fsp3) is 0.778. The van der Waals surface area contributed by atoms with E-state index in [1.54, 1.807) is 0 Å². The molecule has 0 atom stereocenters. The normalized spacial score (nSPS) is 12.1. The molecule has 1 heteroatoms. The van der Waals surface area contributed by atoms with Gasteiger partial charge in [-0.3, -0.25) is 0 Å². The molecule has 0 saturated carbocycles. The molecule has 0 heterocycles. The summed E-state index contributed by atoms with van der Waals surface area (Å²) in [6.07, 6.45) is 4.83. The molecule has 0 saturated heterocycles. The lowest BCUT2D eigenvalue weighted by Crippen LogP contribution is -1.82. The largest absolute Gasteiger partial charge is 0.162 e. The Balaban J connectivity index is 3.04. The summed E-state index contributed by atoms with van der Waals surface area (Å²) in [4.78, 5) is 0. The highest BCUT2D eigenvalue weighted by atomic mass is 32.2. The molecule has 0 unspecified atom stereocenters. The third-order valence-corrected chi connectivity index (χ3v) is 2.54. The fourth-order valence-corrected chi connectivity index (χ4v) is 1.38. The van der Waals surface area contributed by atoms with Crippen molar-refractivity contribution in [2.24, 2.45) is 0 Å². The predicted octanol–water partition coefficient (Wildman–Crippen LogP) is 3.49. The number of rotatable bonds is 5. The summed E-state index contributed by atoms with van der Waals surface area (Å²) in [5.74, 6) is 2.58. The Labute approximate surface area is 69.1 Å². The van der Waals surface area contributed by atoms with E-state index in [1.165, 1.54) is 29.9 Å². The van der Waals surface area contributed by atoms with Crippen LogP contribution in [-0.4, -0.2) is 11.5 Å². The van der Waals surface area contributed by atoms with Crippen LogP contribution >= 0.6 is 11.8 Å². The van der Waals surface area contributed by atoms with Crippen molar-refractivity contribution in [3.63, 3.8) is 0 Å². The molecule has 0 aromatic carbocycles. The highest BCUT2D eigenvalue weighted by Gasteiger charge is 1.88. The molecule has 60 valence electrons. The van der Waals surface area contributed by atoms with Crippen LogP contribution < -0.4 is 0 Å². The smallest absolute Gasteiger partial charge is 0.00646 e. The van der Waals surface area contributed by atoms with Gasteiger partial charge in [0.2, 0.25) is 0 Å². The van der Waals surface area contributed by atoms with Crippen molar-refractivity contribution in [1.29, 1.82) is 0 Å². The first-order chi connectivity index (χ1) is 4.81. The Morgan fingerprint density at radius 3 is 2.70 bits per heavy atom. The Bertz CT molecular complexity index is 94.9. The Hall–Kier alpha value is 0.0900. The number of thioether (sulfide) groups is 1. The van der Waals surface area contributed by atoms with Gasteiger partial charge in [0.15, 0.2) is 0 Å². The molecular weight excluding hydrogens is 140 g/mol. The SMILES string of the molecule is CC=C(C)CCCSCC. The van der Waals surface area contributed by atoms with Crippen LogP contribution in [0.15, 0.2) is 11.6 Å². The molecule has 0 aliphatic carbocycles. The van der Waals surface area contributed by atoms with Gasteiger partial charge in [0.25, 0.3) is 0 Å². The summed E-state index contributed by atoms with van der Waals surface area (Å²) < 4.78 is 0. The average molecular weight is 158 g/mol. The quantitative estimate of drug-likeness (QED) is 0.436. The van der Waals surface area contributed by atoms with E-state index < -0.39 is 0 Å². The molecule has 0 bridgehead atoms. The minimum Gasteiger partial charge on any atom is -0.162 e. The van der Waals surface area contributed by atoms with Crippen molar-refractivity contribution in [2.45, 2.75) is 33.6 Å². The van der Waals surface area contributed by atoms with Gasteiger partial charge in [-0.15, -0.1) is 0 Å². The maximum atomic E-state index is 2.22. The number of hydrogen-bond acceptors (Lipinski definition) is 1. The van der Waals surface area contributed by atoms with Crippen LogP contribution in [0.25, 0.3) is 0 Å². The van der Waals surface area contributed by atoms with E-state index in [1.807, 2.05) is 11.8 Å². The topological polar surface area (TPSA) is 0 Å². The molecule has 0 nitrogen and oxygen atoms in total. The molecule has 0 rings (SSSR count). The molecule has 0 aromatic rings. The van der Waals surface area contributed by atoms with Crippen LogP contribution in [0, 0.1) is 0 Å². The van der Waals surface area contributed by atoms with Crippen LogP contribution in [0.3, 0.4) is 0 Å². The van der Waals surface area contributed by atoms with Gasteiger partial charge in [0.1, 0.15) is 0 Å². The summed E-state index contributed by atoms with van der Waals surface area (Å²) in [7, 11) is 0. The summed E-state index contributed by atoms with van der Waals surface area (Å²) >= 11 is 2.03. The Kier molecular flexibility index (Phi) is 7.26. The standard InChI is InChI=1S/C9H18S/c1-4-9(3)7-6-8-10-5-2/h4H,5-8H2,1-3H3. The van der Waals surface area contributed by atoms with E-state index in [0.717, 1.165) is 0 Å². The first kappa shape index (κ1) is 10.1. The molecule has 0 aliphatic heterocycles. The second-order valence-corrected chi connectivity index (χ2v) is 3.83. The van der Waals surface area contributed by atoms with Gasteiger partial charge in [-0.1, -0.05) is 18.6 Å². The molecule has 0 radical (unpaired) electrons. The number of allylic oxidation sites excluding steroid dienone is 2. The van der Waals surface area contributed by atoms with Crippen molar-refractivity contribution < 1.29 is 0 Å². The molecular formula is C9H18S. The number of hydrogen-bond donors (Lipinski definition) is 0. The van der Waals surface area contributed by atoms with E-state index in [4.69, 9.17) is 0 Å². The van der Waals surface area contributed by atoms with E-state index in [-0.39, 0.29) is 0 Å². The first-order valence-electron chi connectivity index (χ1n) is 4.00. The fourth-order valence-electron chi connectivity index (χ4n) is 0.742. The second kappa shape index (κ2) is 7.20. The molecule has 0 spiro atoms. The monoisotopic (exact) mass is 158 g/mol. The maximum absolute atomic E-state index is 2.22. The molecule has 10 heavy (non-hydrogen) atoms. The van der Waals surface area contributed by atoms with Crippen molar-refractivity contribution in [3.05, 3.63) is 11.6 Å². The van der Waals surface area contributed by atoms with Gasteiger partial charge < -0.3 is 0 Å². The van der Waals surface area contributed by atoms with Gasteiger partial charge in [0.05, 0.1) is 0 Å². The zero-order valence-electron chi connectivity index (χ0n) is 7.31. The van der Waals surface area contributed by atoms with E-state index in [2.05, 4.69) is 26.8 Å². The summed E-state index contributed by atoms with van der Waals surface area (Å²) in [5, 5.41) is 0. The van der Waals surface area contributed by atoms with Crippen LogP contribution in [0.5, 0.6) is 0 Å². The van der Waals surface area contributed by atoms with Gasteiger partial charge in [-0.05, 0) is 38.2 Å². The highest BCUT2D eigenvalue weighted by molar-refractivity contribution is 7.99. The van der Waals surface area contributed by atoms with Crippen molar-refractivity contribution in [2.75, 3.05) is 11.5 Å². The summed E-state index contributed by atoms with van der Waals surface area (Å²) in [5.41, 5.74) is 1.52. The second-order valence-electron chi connectivity index (χ2n) is 2.44. The molecule has 0 aliphatic rings. The van der Waals surface area contributed by atoms with E-state index >= 15 is 0 Å². The van der Waals surface area contributed by atoms with Crippen LogP contribution in [-0.2, 0) is 0 Å². The molecule has 0 amide bonds.